The Labute approximate surface area is 141 Å². The summed E-state index contributed by atoms with van der Waals surface area (Å²) in [5, 5.41) is 1.66. The van der Waals surface area contributed by atoms with E-state index >= 15 is 0 Å². The fourth-order valence-electron chi connectivity index (χ4n) is 2.52. The third-order valence-corrected chi connectivity index (χ3v) is 4.87. The minimum absolute atomic E-state index is 0.0392. The van der Waals surface area contributed by atoms with Gasteiger partial charge in [-0.05, 0) is 43.0 Å². The van der Waals surface area contributed by atoms with Crippen molar-refractivity contribution in [3.8, 4) is 11.5 Å². The first-order chi connectivity index (χ1) is 11.5. The quantitative estimate of drug-likeness (QED) is 0.648. The number of ether oxygens (including phenoxy) is 1. The van der Waals surface area contributed by atoms with Crippen molar-refractivity contribution in [2.45, 2.75) is 18.7 Å². The molecule has 0 saturated carbocycles. The van der Waals surface area contributed by atoms with E-state index in [0.29, 0.717) is 18.1 Å². The Hall–Kier alpha value is -2.53. The van der Waals surface area contributed by atoms with Gasteiger partial charge in [0.1, 0.15) is 10.6 Å². The summed E-state index contributed by atoms with van der Waals surface area (Å²) < 4.78 is 36.5. The molecule has 0 spiro atoms. The third-order valence-electron chi connectivity index (χ3n) is 3.62. The molecule has 124 valence electrons. The molecule has 0 aliphatic carbocycles. The monoisotopic (exact) mass is 342 g/mol. The van der Waals surface area contributed by atoms with Crippen LogP contribution in [0.2, 0.25) is 0 Å². The van der Waals surface area contributed by atoms with E-state index in [1.807, 2.05) is 50.2 Å². The van der Waals surface area contributed by atoms with Crippen LogP contribution in [0.25, 0.3) is 10.8 Å². The highest BCUT2D eigenvalue weighted by molar-refractivity contribution is 7.87. The lowest BCUT2D eigenvalue weighted by Crippen LogP contribution is -2.12. The van der Waals surface area contributed by atoms with Gasteiger partial charge in [0, 0.05) is 5.39 Å². The average Bonchev–Trinajstić information content (AvgIpc) is 2.57. The standard InChI is InChI=1S/C19H18O4S/c1-3-22-18-12-11-14(2)13-19(18)24(20,21)23-17-10-6-8-15-7-4-5-9-16(15)17/h4-13H,3H2,1-2H3. The van der Waals surface area contributed by atoms with E-state index in [-0.39, 0.29) is 4.90 Å². The largest absolute Gasteiger partial charge is 0.492 e. The summed E-state index contributed by atoms with van der Waals surface area (Å²) in [6.45, 7) is 4.01. The van der Waals surface area contributed by atoms with Crippen LogP contribution < -0.4 is 8.92 Å². The molecule has 4 nitrogen and oxygen atoms in total. The smallest absolute Gasteiger partial charge is 0.342 e. The van der Waals surface area contributed by atoms with E-state index in [1.165, 1.54) is 0 Å². The lowest BCUT2D eigenvalue weighted by atomic mass is 10.1. The average molecular weight is 342 g/mol. The molecule has 0 fully saturated rings. The summed E-state index contributed by atoms with van der Waals surface area (Å²) in [5.74, 6) is 0.598. The number of hydrogen-bond donors (Lipinski definition) is 0. The van der Waals surface area contributed by atoms with Crippen LogP contribution in [0.5, 0.6) is 11.5 Å². The highest BCUT2D eigenvalue weighted by Gasteiger charge is 2.23. The fraction of sp³-hybridized carbons (Fsp3) is 0.158. The number of hydrogen-bond acceptors (Lipinski definition) is 4. The summed E-state index contributed by atoms with van der Waals surface area (Å²) >= 11 is 0. The molecule has 0 heterocycles. The van der Waals surface area contributed by atoms with Crippen molar-refractivity contribution in [3.05, 3.63) is 66.2 Å². The van der Waals surface area contributed by atoms with Crippen molar-refractivity contribution in [1.82, 2.24) is 0 Å². The maximum absolute atomic E-state index is 12.8. The first-order valence-electron chi connectivity index (χ1n) is 7.67. The van der Waals surface area contributed by atoms with Gasteiger partial charge >= 0.3 is 10.1 Å². The van der Waals surface area contributed by atoms with Gasteiger partial charge in [-0.3, -0.25) is 0 Å². The van der Waals surface area contributed by atoms with Crippen LogP contribution in [0.1, 0.15) is 12.5 Å². The van der Waals surface area contributed by atoms with Crippen molar-refractivity contribution in [2.75, 3.05) is 6.61 Å². The molecule has 0 aromatic heterocycles. The molecule has 0 aliphatic heterocycles. The molecule has 0 bridgehead atoms. The predicted octanol–water partition coefficient (Wildman–Crippen LogP) is 4.31. The SMILES string of the molecule is CCOc1ccc(C)cc1S(=O)(=O)Oc1cccc2ccccc12. The van der Waals surface area contributed by atoms with Crippen LogP contribution in [0, 0.1) is 6.92 Å². The predicted molar refractivity (Wildman–Crippen MR) is 94.1 cm³/mol. The van der Waals surface area contributed by atoms with Crippen molar-refractivity contribution in [1.29, 1.82) is 0 Å². The third kappa shape index (κ3) is 3.21. The number of fused-ring (bicyclic) bond motifs is 1. The topological polar surface area (TPSA) is 52.6 Å². The van der Waals surface area contributed by atoms with Gasteiger partial charge < -0.3 is 8.92 Å². The van der Waals surface area contributed by atoms with Crippen molar-refractivity contribution < 1.29 is 17.3 Å². The van der Waals surface area contributed by atoms with E-state index in [4.69, 9.17) is 8.92 Å². The molecular weight excluding hydrogens is 324 g/mol. The minimum atomic E-state index is -4.01. The maximum Gasteiger partial charge on any atom is 0.342 e. The Morgan fingerprint density at radius 3 is 2.46 bits per heavy atom. The maximum atomic E-state index is 12.8. The molecule has 0 amide bonds. The molecule has 3 aromatic carbocycles. The van der Waals surface area contributed by atoms with Gasteiger partial charge in [0.15, 0.2) is 5.75 Å². The minimum Gasteiger partial charge on any atom is -0.492 e. The fourth-order valence-corrected chi connectivity index (χ4v) is 3.69. The van der Waals surface area contributed by atoms with Crippen molar-refractivity contribution >= 4 is 20.9 Å². The highest BCUT2D eigenvalue weighted by Crippen LogP contribution is 2.31. The van der Waals surface area contributed by atoms with Gasteiger partial charge in [-0.15, -0.1) is 0 Å². The normalized spacial score (nSPS) is 11.4. The second-order valence-corrected chi connectivity index (χ2v) is 6.91. The summed E-state index contributed by atoms with van der Waals surface area (Å²) in [6, 6.07) is 17.8. The lowest BCUT2D eigenvalue weighted by molar-refractivity contribution is 0.329. The van der Waals surface area contributed by atoms with Gasteiger partial charge in [0.25, 0.3) is 0 Å². The van der Waals surface area contributed by atoms with Crippen molar-refractivity contribution in [3.63, 3.8) is 0 Å². The molecule has 0 saturated heterocycles. The summed E-state index contributed by atoms with van der Waals surface area (Å²) in [7, 11) is -4.01. The summed E-state index contributed by atoms with van der Waals surface area (Å²) in [6.07, 6.45) is 0. The van der Waals surface area contributed by atoms with E-state index < -0.39 is 10.1 Å². The van der Waals surface area contributed by atoms with Crippen LogP contribution in [-0.4, -0.2) is 15.0 Å². The van der Waals surface area contributed by atoms with Crippen LogP contribution in [0.3, 0.4) is 0 Å². The molecule has 0 N–H and O–H groups in total. The lowest BCUT2D eigenvalue weighted by Gasteiger charge is -2.13. The molecule has 3 rings (SSSR count). The summed E-state index contributed by atoms with van der Waals surface area (Å²) in [5.41, 5.74) is 0.818. The molecule has 24 heavy (non-hydrogen) atoms. The first kappa shape index (κ1) is 16.3. The van der Waals surface area contributed by atoms with Crippen LogP contribution >= 0.6 is 0 Å². The zero-order chi connectivity index (χ0) is 17.2. The van der Waals surface area contributed by atoms with E-state index in [2.05, 4.69) is 0 Å². The van der Waals surface area contributed by atoms with Gasteiger partial charge in [-0.2, -0.15) is 8.42 Å². The first-order valence-corrected chi connectivity index (χ1v) is 9.08. The Morgan fingerprint density at radius 2 is 1.67 bits per heavy atom. The Kier molecular flexibility index (Phi) is 4.44. The van der Waals surface area contributed by atoms with E-state index in [1.54, 1.807) is 24.3 Å². The zero-order valence-corrected chi connectivity index (χ0v) is 14.3. The van der Waals surface area contributed by atoms with E-state index in [9.17, 15) is 8.42 Å². The summed E-state index contributed by atoms with van der Waals surface area (Å²) in [4.78, 5) is 0.0392. The molecule has 0 atom stereocenters. The van der Waals surface area contributed by atoms with Gasteiger partial charge in [0.2, 0.25) is 0 Å². The Bertz CT molecular complexity index is 972. The zero-order valence-electron chi connectivity index (χ0n) is 13.5. The molecule has 0 aliphatic rings. The molecular formula is C19H18O4S. The number of rotatable bonds is 5. The number of aryl methyl sites for hydroxylation is 1. The highest BCUT2D eigenvalue weighted by atomic mass is 32.2. The van der Waals surface area contributed by atoms with E-state index in [0.717, 1.165) is 16.3 Å². The van der Waals surface area contributed by atoms with Gasteiger partial charge in [0.05, 0.1) is 6.61 Å². The number of benzene rings is 3. The second-order valence-electron chi connectivity index (χ2n) is 5.40. The van der Waals surface area contributed by atoms with Gasteiger partial charge in [-0.25, -0.2) is 0 Å². The van der Waals surface area contributed by atoms with Crippen molar-refractivity contribution in [2.24, 2.45) is 0 Å². The second kappa shape index (κ2) is 6.53. The van der Waals surface area contributed by atoms with Gasteiger partial charge in [-0.1, -0.05) is 42.5 Å². The molecule has 0 radical (unpaired) electrons. The molecule has 0 unspecified atom stereocenters. The van der Waals surface area contributed by atoms with Crippen LogP contribution in [-0.2, 0) is 10.1 Å². The Morgan fingerprint density at radius 1 is 0.917 bits per heavy atom. The molecule has 3 aromatic rings. The van der Waals surface area contributed by atoms with Crippen LogP contribution in [0.4, 0.5) is 0 Å². The molecule has 5 heteroatoms. The van der Waals surface area contributed by atoms with Crippen LogP contribution in [0.15, 0.2) is 65.6 Å². The Balaban J connectivity index is 2.07.